The number of hydrogen-bond donors (Lipinski definition) is 0. The molecule has 1 amide bonds. The van der Waals surface area contributed by atoms with E-state index in [9.17, 15) is 4.79 Å². The van der Waals surface area contributed by atoms with Crippen LogP contribution in [0.2, 0.25) is 0 Å². The maximum atomic E-state index is 13.0. The summed E-state index contributed by atoms with van der Waals surface area (Å²) >= 11 is 0. The smallest absolute Gasteiger partial charge is 0.230 e. The lowest BCUT2D eigenvalue weighted by molar-refractivity contribution is -0.134. The number of rotatable bonds is 7. The number of methoxy groups -OCH3 is 2. The molecule has 0 aromatic heterocycles. The molecule has 1 heterocycles. The fourth-order valence-electron chi connectivity index (χ4n) is 3.83. The highest BCUT2D eigenvalue weighted by Gasteiger charge is 2.27. The predicted molar refractivity (Wildman–Crippen MR) is 111 cm³/mol. The van der Waals surface area contributed by atoms with E-state index in [0.717, 1.165) is 61.8 Å². The van der Waals surface area contributed by atoms with E-state index in [1.54, 1.807) is 14.2 Å². The van der Waals surface area contributed by atoms with Crippen LogP contribution in [-0.2, 0) is 11.3 Å². The Balaban J connectivity index is 1.61. The molecular weight excluding hydrogens is 352 g/mol. The summed E-state index contributed by atoms with van der Waals surface area (Å²) in [6.45, 7) is 6.11. The van der Waals surface area contributed by atoms with Gasteiger partial charge in [-0.15, -0.1) is 0 Å². The van der Waals surface area contributed by atoms with E-state index in [-0.39, 0.29) is 11.8 Å². The molecule has 1 aliphatic heterocycles. The third kappa shape index (κ3) is 4.65. The van der Waals surface area contributed by atoms with Crippen LogP contribution in [0.5, 0.6) is 11.5 Å². The van der Waals surface area contributed by atoms with Gasteiger partial charge in [-0.2, -0.15) is 0 Å². The highest BCUT2D eigenvalue weighted by atomic mass is 16.5. The number of carbonyl (C=O) groups excluding carboxylic acids is 1. The molecule has 0 aliphatic carbocycles. The molecule has 150 valence electrons. The molecular formula is C23H30N2O3. The Morgan fingerprint density at radius 3 is 2.32 bits per heavy atom. The van der Waals surface area contributed by atoms with Crippen molar-refractivity contribution in [2.45, 2.75) is 25.8 Å². The van der Waals surface area contributed by atoms with Crippen LogP contribution in [0.3, 0.4) is 0 Å². The van der Waals surface area contributed by atoms with Crippen LogP contribution < -0.4 is 9.47 Å². The van der Waals surface area contributed by atoms with Crippen LogP contribution in [0.4, 0.5) is 0 Å². The topological polar surface area (TPSA) is 42.0 Å². The monoisotopic (exact) mass is 382 g/mol. The van der Waals surface area contributed by atoms with Gasteiger partial charge in [0.15, 0.2) is 0 Å². The van der Waals surface area contributed by atoms with Gasteiger partial charge in [-0.05, 0) is 30.2 Å². The van der Waals surface area contributed by atoms with Gasteiger partial charge in [-0.3, -0.25) is 9.69 Å². The maximum absolute atomic E-state index is 13.0. The summed E-state index contributed by atoms with van der Waals surface area (Å²) in [6.07, 6.45) is 0.823. The van der Waals surface area contributed by atoms with Crippen molar-refractivity contribution in [2.75, 3.05) is 40.4 Å². The SMILES string of the molecule is CCC(C(=O)N1CCN(Cc2cc(OC)ccc2OC)CC1)c1ccccc1. The van der Waals surface area contributed by atoms with Gasteiger partial charge in [-0.25, -0.2) is 0 Å². The Kier molecular flexibility index (Phi) is 6.93. The van der Waals surface area contributed by atoms with E-state index < -0.39 is 0 Å². The summed E-state index contributed by atoms with van der Waals surface area (Å²) in [5, 5.41) is 0. The number of ether oxygens (including phenoxy) is 2. The molecule has 0 N–H and O–H groups in total. The molecule has 5 heteroatoms. The molecule has 1 atom stereocenters. The van der Waals surface area contributed by atoms with Gasteiger partial charge in [0.2, 0.25) is 5.91 Å². The molecule has 1 aliphatic rings. The zero-order chi connectivity index (χ0) is 19.9. The lowest BCUT2D eigenvalue weighted by Crippen LogP contribution is -2.49. The van der Waals surface area contributed by atoms with Crippen molar-refractivity contribution in [2.24, 2.45) is 0 Å². The molecule has 2 aromatic carbocycles. The lowest BCUT2D eigenvalue weighted by atomic mass is 9.95. The van der Waals surface area contributed by atoms with Crippen molar-refractivity contribution in [3.05, 3.63) is 59.7 Å². The zero-order valence-corrected chi connectivity index (χ0v) is 17.1. The van der Waals surface area contributed by atoms with E-state index in [4.69, 9.17) is 9.47 Å². The fourth-order valence-corrected chi connectivity index (χ4v) is 3.83. The Labute approximate surface area is 167 Å². The number of nitrogens with zero attached hydrogens (tertiary/aromatic N) is 2. The summed E-state index contributed by atoms with van der Waals surface area (Å²) in [7, 11) is 3.36. The second kappa shape index (κ2) is 9.60. The maximum Gasteiger partial charge on any atom is 0.230 e. The third-order valence-electron chi connectivity index (χ3n) is 5.47. The minimum atomic E-state index is -0.0498. The van der Waals surface area contributed by atoms with Crippen molar-refractivity contribution in [3.63, 3.8) is 0 Å². The standard InChI is InChI=1S/C23H30N2O3/c1-4-21(18-8-6-5-7-9-18)23(26)25-14-12-24(13-15-25)17-19-16-20(27-2)10-11-22(19)28-3/h5-11,16,21H,4,12-15,17H2,1-3H3. The van der Waals surface area contributed by atoms with Crippen molar-refractivity contribution in [1.82, 2.24) is 9.80 Å². The van der Waals surface area contributed by atoms with Crippen molar-refractivity contribution in [1.29, 1.82) is 0 Å². The van der Waals surface area contributed by atoms with E-state index in [2.05, 4.69) is 24.0 Å². The number of carbonyl (C=O) groups is 1. The first kappa shape index (κ1) is 20.2. The summed E-state index contributed by atoms with van der Waals surface area (Å²) in [6, 6.07) is 16.0. The third-order valence-corrected chi connectivity index (χ3v) is 5.47. The van der Waals surface area contributed by atoms with Gasteiger partial charge in [0.05, 0.1) is 20.1 Å². The van der Waals surface area contributed by atoms with Crippen molar-refractivity contribution in [3.8, 4) is 11.5 Å². The predicted octanol–water partition coefficient (Wildman–Crippen LogP) is 3.54. The van der Waals surface area contributed by atoms with Gasteiger partial charge < -0.3 is 14.4 Å². The van der Waals surface area contributed by atoms with Gasteiger partial charge in [-0.1, -0.05) is 37.3 Å². The number of hydrogen-bond acceptors (Lipinski definition) is 4. The molecule has 0 saturated carbocycles. The molecule has 0 spiro atoms. The molecule has 1 fully saturated rings. The average Bonchev–Trinajstić information content (AvgIpc) is 2.75. The summed E-state index contributed by atoms with van der Waals surface area (Å²) in [4.78, 5) is 17.4. The van der Waals surface area contributed by atoms with Crippen molar-refractivity contribution >= 4 is 5.91 Å². The van der Waals surface area contributed by atoms with E-state index in [1.807, 2.05) is 41.3 Å². The minimum Gasteiger partial charge on any atom is -0.497 e. The Morgan fingerprint density at radius 2 is 1.71 bits per heavy atom. The first-order chi connectivity index (χ1) is 13.7. The van der Waals surface area contributed by atoms with Crippen LogP contribution in [0.1, 0.15) is 30.4 Å². The van der Waals surface area contributed by atoms with E-state index in [0.29, 0.717) is 0 Å². The van der Waals surface area contributed by atoms with E-state index in [1.165, 1.54) is 0 Å². The van der Waals surface area contributed by atoms with Crippen LogP contribution in [0, 0.1) is 0 Å². The average molecular weight is 383 g/mol. The molecule has 28 heavy (non-hydrogen) atoms. The van der Waals surface area contributed by atoms with E-state index >= 15 is 0 Å². The normalized spacial score (nSPS) is 15.9. The number of piperazine rings is 1. The van der Waals surface area contributed by atoms with Crippen molar-refractivity contribution < 1.29 is 14.3 Å². The minimum absolute atomic E-state index is 0.0498. The Hall–Kier alpha value is -2.53. The van der Waals surface area contributed by atoms with Gasteiger partial charge in [0, 0.05) is 38.3 Å². The molecule has 3 rings (SSSR count). The second-order valence-corrected chi connectivity index (χ2v) is 7.15. The molecule has 0 bridgehead atoms. The largest absolute Gasteiger partial charge is 0.497 e. The number of amides is 1. The quantitative estimate of drug-likeness (QED) is 0.735. The molecule has 1 saturated heterocycles. The van der Waals surface area contributed by atoms with Gasteiger partial charge in [0.1, 0.15) is 11.5 Å². The molecule has 2 aromatic rings. The lowest BCUT2D eigenvalue weighted by Gasteiger charge is -2.36. The van der Waals surface area contributed by atoms with Crippen LogP contribution in [-0.4, -0.2) is 56.1 Å². The first-order valence-electron chi connectivity index (χ1n) is 9.93. The summed E-state index contributed by atoms with van der Waals surface area (Å²) in [5.41, 5.74) is 2.22. The van der Waals surface area contributed by atoms with Crippen LogP contribution in [0.25, 0.3) is 0 Å². The van der Waals surface area contributed by atoms with Gasteiger partial charge in [0.25, 0.3) is 0 Å². The Morgan fingerprint density at radius 1 is 1.00 bits per heavy atom. The van der Waals surface area contributed by atoms with Crippen LogP contribution >= 0.6 is 0 Å². The molecule has 5 nitrogen and oxygen atoms in total. The number of benzene rings is 2. The summed E-state index contributed by atoms with van der Waals surface area (Å²) < 4.78 is 10.8. The Bertz CT molecular complexity index is 771. The second-order valence-electron chi connectivity index (χ2n) is 7.15. The van der Waals surface area contributed by atoms with Gasteiger partial charge >= 0.3 is 0 Å². The molecule has 0 radical (unpaired) electrons. The fraction of sp³-hybridized carbons (Fsp3) is 0.435. The van der Waals surface area contributed by atoms with Crippen LogP contribution in [0.15, 0.2) is 48.5 Å². The first-order valence-corrected chi connectivity index (χ1v) is 9.93. The highest BCUT2D eigenvalue weighted by Crippen LogP contribution is 2.26. The molecule has 1 unspecified atom stereocenters. The highest BCUT2D eigenvalue weighted by molar-refractivity contribution is 5.83. The zero-order valence-electron chi connectivity index (χ0n) is 17.1. The summed E-state index contributed by atoms with van der Waals surface area (Å²) in [5.74, 6) is 1.89.